The molecule has 0 rings (SSSR count). The van der Waals surface area contributed by atoms with Crippen molar-refractivity contribution in [3.8, 4) is 0 Å². The van der Waals surface area contributed by atoms with Gasteiger partial charge in [-0.15, -0.1) is 0 Å². The van der Waals surface area contributed by atoms with Crippen LogP contribution >= 0.6 is 0 Å². The second-order valence-corrected chi connectivity index (χ2v) is 3.12. The molecular formula is C7H12F4O. The number of rotatable bonds is 4. The Morgan fingerprint density at radius 2 is 1.67 bits per heavy atom. The molecule has 5 heteroatoms. The lowest BCUT2D eigenvalue weighted by Crippen LogP contribution is -2.41. The van der Waals surface area contributed by atoms with Crippen LogP contribution in [0.1, 0.15) is 20.3 Å². The summed E-state index contributed by atoms with van der Waals surface area (Å²) in [6.45, 7) is 3.15. The van der Waals surface area contributed by atoms with Crippen molar-refractivity contribution in [1.82, 2.24) is 0 Å². The van der Waals surface area contributed by atoms with Crippen molar-refractivity contribution in [2.24, 2.45) is 5.92 Å². The second-order valence-electron chi connectivity index (χ2n) is 3.12. The fraction of sp³-hybridized carbons (Fsp3) is 1.00. The number of hydrogen-bond acceptors (Lipinski definition) is 1. The van der Waals surface area contributed by atoms with Crippen LogP contribution in [0, 0.1) is 5.92 Å². The molecule has 0 saturated heterocycles. The zero-order chi connectivity index (χ0) is 9.94. The largest absolute Gasteiger partial charge is 0.387 e. The zero-order valence-electron chi connectivity index (χ0n) is 6.90. The maximum atomic E-state index is 12.3. The van der Waals surface area contributed by atoms with Crippen molar-refractivity contribution in [3.05, 3.63) is 0 Å². The van der Waals surface area contributed by atoms with Gasteiger partial charge < -0.3 is 5.11 Å². The van der Waals surface area contributed by atoms with Crippen LogP contribution in [0.3, 0.4) is 0 Å². The van der Waals surface area contributed by atoms with Gasteiger partial charge in [0.1, 0.15) is 6.10 Å². The van der Waals surface area contributed by atoms with Crippen LogP contribution in [0.25, 0.3) is 0 Å². The molecule has 1 N–H and O–H groups in total. The Kier molecular flexibility index (Phi) is 3.96. The molecule has 0 aromatic carbocycles. The van der Waals surface area contributed by atoms with Crippen molar-refractivity contribution < 1.29 is 22.7 Å². The van der Waals surface area contributed by atoms with E-state index < -0.39 is 18.5 Å². The van der Waals surface area contributed by atoms with E-state index in [1.54, 1.807) is 13.8 Å². The average Bonchev–Trinajstić information content (AvgIpc) is 1.85. The monoisotopic (exact) mass is 188 g/mol. The van der Waals surface area contributed by atoms with E-state index in [0.717, 1.165) is 0 Å². The Morgan fingerprint density at radius 1 is 1.25 bits per heavy atom. The maximum Gasteiger partial charge on any atom is 0.332 e. The van der Waals surface area contributed by atoms with E-state index in [4.69, 9.17) is 5.11 Å². The van der Waals surface area contributed by atoms with Crippen LogP contribution < -0.4 is 0 Å². The van der Waals surface area contributed by atoms with Gasteiger partial charge in [0.2, 0.25) is 0 Å². The molecule has 1 atom stereocenters. The zero-order valence-corrected chi connectivity index (χ0v) is 6.90. The van der Waals surface area contributed by atoms with Crippen LogP contribution in [0.15, 0.2) is 0 Å². The Balaban J connectivity index is 4.15. The standard InChI is InChI=1S/C7H12F4O/c1-4(2)3-5(12)7(10,11)6(8)9/h4-6,12H,3H2,1-2H3. The van der Waals surface area contributed by atoms with Gasteiger partial charge in [-0.1, -0.05) is 13.8 Å². The van der Waals surface area contributed by atoms with Gasteiger partial charge in [0.15, 0.2) is 0 Å². The first-order valence-electron chi connectivity index (χ1n) is 3.62. The highest BCUT2D eigenvalue weighted by atomic mass is 19.3. The molecule has 0 fully saturated rings. The van der Waals surface area contributed by atoms with Gasteiger partial charge in [0.25, 0.3) is 0 Å². The van der Waals surface area contributed by atoms with Crippen molar-refractivity contribution >= 4 is 0 Å². The highest BCUT2D eigenvalue weighted by Gasteiger charge is 2.47. The molecule has 0 aliphatic carbocycles. The molecule has 0 bridgehead atoms. The third kappa shape index (κ3) is 2.97. The Hall–Kier alpha value is -0.320. The lowest BCUT2D eigenvalue weighted by molar-refractivity contribution is -0.194. The average molecular weight is 188 g/mol. The van der Waals surface area contributed by atoms with Crippen LogP contribution in [0.5, 0.6) is 0 Å². The van der Waals surface area contributed by atoms with Gasteiger partial charge in [-0.3, -0.25) is 0 Å². The summed E-state index contributed by atoms with van der Waals surface area (Å²) in [6.07, 6.45) is -6.37. The Labute approximate surface area is 68.4 Å². The molecule has 0 aliphatic heterocycles. The van der Waals surface area contributed by atoms with Gasteiger partial charge in [-0.25, -0.2) is 8.78 Å². The highest BCUT2D eigenvalue weighted by Crippen LogP contribution is 2.29. The predicted molar refractivity (Wildman–Crippen MR) is 36.4 cm³/mol. The SMILES string of the molecule is CC(C)CC(O)C(F)(F)C(F)F. The topological polar surface area (TPSA) is 20.2 Å². The van der Waals surface area contributed by atoms with Gasteiger partial charge in [0.05, 0.1) is 0 Å². The predicted octanol–water partition coefficient (Wildman–Crippen LogP) is 2.29. The molecule has 0 radical (unpaired) electrons. The number of aliphatic hydroxyl groups is 1. The molecule has 0 aromatic rings. The van der Waals surface area contributed by atoms with Crippen molar-refractivity contribution in [2.45, 2.75) is 38.7 Å². The van der Waals surface area contributed by atoms with Crippen molar-refractivity contribution in [1.29, 1.82) is 0 Å². The minimum absolute atomic E-state index is 0.232. The van der Waals surface area contributed by atoms with E-state index in [-0.39, 0.29) is 12.3 Å². The minimum Gasteiger partial charge on any atom is -0.387 e. The van der Waals surface area contributed by atoms with E-state index in [2.05, 4.69) is 0 Å². The first-order chi connectivity index (χ1) is 5.28. The summed E-state index contributed by atoms with van der Waals surface area (Å²) in [5, 5.41) is 8.69. The summed E-state index contributed by atoms with van der Waals surface area (Å²) < 4.78 is 47.8. The molecule has 74 valence electrons. The third-order valence-electron chi connectivity index (χ3n) is 1.43. The smallest absolute Gasteiger partial charge is 0.332 e. The van der Waals surface area contributed by atoms with E-state index >= 15 is 0 Å². The van der Waals surface area contributed by atoms with Crippen molar-refractivity contribution in [3.63, 3.8) is 0 Å². The second kappa shape index (κ2) is 4.07. The summed E-state index contributed by atoms with van der Waals surface area (Å²) in [5.41, 5.74) is 0. The minimum atomic E-state index is -4.29. The Bertz CT molecular complexity index is 135. The van der Waals surface area contributed by atoms with Gasteiger partial charge in [-0.2, -0.15) is 8.78 Å². The fourth-order valence-corrected chi connectivity index (χ4v) is 0.749. The number of hydrogen-bond donors (Lipinski definition) is 1. The summed E-state index contributed by atoms with van der Waals surface area (Å²) >= 11 is 0. The molecule has 1 nitrogen and oxygen atoms in total. The molecule has 0 spiro atoms. The summed E-state index contributed by atoms with van der Waals surface area (Å²) in [5.74, 6) is -4.52. The summed E-state index contributed by atoms with van der Waals surface area (Å²) in [7, 11) is 0. The summed E-state index contributed by atoms with van der Waals surface area (Å²) in [4.78, 5) is 0. The molecule has 0 saturated carbocycles. The normalized spacial score (nSPS) is 15.8. The van der Waals surface area contributed by atoms with Crippen molar-refractivity contribution in [2.75, 3.05) is 0 Å². The molecule has 1 unspecified atom stereocenters. The van der Waals surface area contributed by atoms with Gasteiger partial charge in [0, 0.05) is 0 Å². The van der Waals surface area contributed by atoms with Crippen LogP contribution in [0.2, 0.25) is 0 Å². The van der Waals surface area contributed by atoms with E-state index in [1.165, 1.54) is 0 Å². The highest BCUT2D eigenvalue weighted by molar-refractivity contribution is 4.79. The molecular weight excluding hydrogens is 176 g/mol. The molecule has 0 aromatic heterocycles. The van der Waals surface area contributed by atoms with Gasteiger partial charge in [-0.05, 0) is 12.3 Å². The third-order valence-corrected chi connectivity index (χ3v) is 1.43. The lowest BCUT2D eigenvalue weighted by Gasteiger charge is -2.22. The lowest BCUT2D eigenvalue weighted by atomic mass is 10.0. The quantitative estimate of drug-likeness (QED) is 0.671. The number of aliphatic hydroxyl groups excluding tert-OH is 1. The Morgan fingerprint density at radius 3 is 1.92 bits per heavy atom. The molecule has 0 aliphatic rings. The summed E-state index contributed by atoms with van der Waals surface area (Å²) in [6, 6.07) is 0. The van der Waals surface area contributed by atoms with E-state index in [9.17, 15) is 17.6 Å². The van der Waals surface area contributed by atoms with Crippen LogP contribution in [-0.4, -0.2) is 23.6 Å². The molecule has 12 heavy (non-hydrogen) atoms. The van der Waals surface area contributed by atoms with E-state index in [0.29, 0.717) is 0 Å². The molecule has 0 heterocycles. The van der Waals surface area contributed by atoms with E-state index in [1.807, 2.05) is 0 Å². The number of halogens is 4. The first-order valence-corrected chi connectivity index (χ1v) is 3.62. The fourth-order valence-electron chi connectivity index (χ4n) is 0.749. The van der Waals surface area contributed by atoms with Crippen LogP contribution in [-0.2, 0) is 0 Å². The molecule has 0 amide bonds. The number of alkyl halides is 4. The maximum absolute atomic E-state index is 12.3. The van der Waals surface area contributed by atoms with Gasteiger partial charge >= 0.3 is 12.3 Å². The first kappa shape index (κ1) is 11.7. The van der Waals surface area contributed by atoms with Crippen LogP contribution in [0.4, 0.5) is 17.6 Å².